The van der Waals surface area contributed by atoms with Crippen molar-refractivity contribution in [2.45, 2.75) is 70.9 Å². The molecule has 122 valence electrons. The van der Waals surface area contributed by atoms with Crippen molar-refractivity contribution in [2.24, 2.45) is 5.92 Å². The highest BCUT2D eigenvalue weighted by Crippen LogP contribution is 2.38. The van der Waals surface area contributed by atoms with Crippen molar-refractivity contribution in [2.75, 3.05) is 6.61 Å². The number of hydrogen-bond donors (Lipinski definition) is 1. The van der Waals surface area contributed by atoms with Crippen molar-refractivity contribution >= 4 is 5.91 Å². The van der Waals surface area contributed by atoms with E-state index in [1.165, 1.54) is 12.8 Å². The molecule has 1 amide bonds. The standard InChI is InChI=1S/C17H26N2O3/c1-4-14(16-10(2)19-22-11(16)3)17(20)18-13-7-8-21-15(9-13)12-5-6-12/h12-15H,4-9H2,1-3H3,(H,18,20)/t13-,14+,15+/m1/s1. The van der Waals surface area contributed by atoms with Gasteiger partial charge in [-0.1, -0.05) is 12.1 Å². The lowest BCUT2D eigenvalue weighted by Gasteiger charge is -2.31. The van der Waals surface area contributed by atoms with Gasteiger partial charge in [-0.3, -0.25) is 4.79 Å². The number of aryl methyl sites for hydroxylation is 2. The van der Waals surface area contributed by atoms with Crippen LogP contribution in [0.25, 0.3) is 0 Å². The van der Waals surface area contributed by atoms with Gasteiger partial charge in [-0.15, -0.1) is 0 Å². The van der Waals surface area contributed by atoms with Crippen LogP contribution in [0.2, 0.25) is 0 Å². The summed E-state index contributed by atoms with van der Waals surface area (Å²) in [5.74, 6) is 1.40. The highest BCUT2D eigenvalue weighted by molar-refractivity contribution is 5.84. The molecular formula is C17H26N2O3. The molecule has 22 heavy (non-hydrogen) atoms. The van der Waals surface area contributed by atoms with E-state index >= 15 is 0 Å². The van der Waals surface area contributed by atoms with Crippen LogP contribution in [0.4, 0.5) is 0 Å². The summed E-state index contributed by atoms with van der Waals surface area (Å²) in [4.78, 5) is 12.7. The van der Waals surface area contributed by atoms with E-state index in [1.54, 1.807) is 0 Å². The molecule has 5 heteroatoms. The Morgan fingerprint density at radius 1 is 1.36 bits per heavy atom. The lowest BCUT2D eigenvalue weighted by molar-refractivity contribution is -0.124. The molecule has 0 radical (unpaired) electrons. The van der Waals surface area contributed by atoms with Gasteiger partial charge in [0, 0.05) is 18.2 Å². The van der Waals surface area contributed by atoms with E-state index in [0.29, 0.717) is 6.10 Å². The van der Waals surface area contributed by atoms with Crippen LogP contribution < -0.4 is 5.32 Å². The van der Waals surface area contributed by atoms with Crippen molar-refractivity contribution in [3.63, 3.8) is 0 Å². The highest BCUT2D eigenvalue weighted by Gasteiger charge is 2.37. The van der Waals surface area contributed by atoms with Crippen LogP contribution in [0.15, 0.2) is 4.52 Å². The number of hydrogen-bond acceptors (Lipinski definition) is 4. The predicted octanol–water partition coefficient (Wildman–Crippen LogP) is 2.86. The smallest absolute Gasteiger partial charge is 0.227 e. The largest absolute Gasteiger partial charge is 0.378 e. The van der Waals surface area contributed by atoms with Crippen molar-refractivity contribution in [1.29, 1.82) is 0 Å². The Labute approximate surface area is 131 Å². The number of nitrogens with one attached hydrogen (secondary N) is 1. The summed E-state index contributed by atoms with van der Waals surface area (Å²) in [6.45, 7) is 6.57. The van der Waals surface area contributed by atoms with E-state index in [0.717, 1.165) is 48.8 Å². The lowest BCUT2D eigenvalue weighted by Crippen LogP contribution is -2.44. The van der Waals surface area contributed by atoms with Crippen molar-refractivity contribution < 1.29 is 14.1 Å². The van der Waals surface area contributed by atoms with Crippen LogP contribution in [0.5, 0.6) is 0 Å². The van der Waals surface area contributed by atoms with Crippen LogP contribution >= 0.6 is 0 Å². The molecule has 3 rings (SSSR count). The molecule has 1 saturated heterocycles. The zero-order valence-corrected chi connectivity index (χ0v) is 13.7. The summed E-state index contributed by atoms with van der Waals surface area (Å²) in [7, 11) is 0. The zero-order chi connectivity index (χ0) is 15.7. The van der Waals surface area contributed by atoms with Gasteiger partial charge in [0.25, 0.3) is 0 Å². The fraction of sp³-hybridized carbons (Fsp3) is 0.765. The molecule has 1 aliphatic carbocycles. The normalized spacial score (nSPS) is 26.7. The molecular weight excluding hydrogens is 280 g/mol. The Bertz CT molecular complexity index is 517. The number of nitrogens with zero attached hydrogens (tertiary/aromatic N) is 1. The number of carbonyl (C=O) groups excluding carboxylic acids is 1. The average molecular weight is 306 g/mol. The van der Waals surface area contributed by atoms with Crippen LogP contribution in [0.3, 0.4) is 0 Å². The Hall–Kier alpha value is -1.36. The van der Waals surface area contributed by atoms with Gasteiger partial charge < -0.3 is 14.6 Å². The fourth-order valence-corrected chi connectivity index (χ4v) is 3.57. The SMILES string of the molecule is CC[C@H](C(=O)N[C@@H]1CCO[C@H](C2CC2)C1)c1c(C)noc1C. The average Bonchev–Trinajstić information content (AvgIpc) is 3.30. The molecule has 1 aliphatic heterocycles. The third-order valence-electron chi connectivity index (χ3n) is 4.97. The molecule has 0 spiro atoms. The van der Waals surface area contributed by atoms with Crippen LogP contribution in [0.1, 0.15) is 62.0 Å². The first-order valence-corrected chi connectivity index (χ1v) is 8.44. The Balaban J connectivity index is 1.64. The summed E-state index contributed by atoms with van der Waals surface area (Å²) in [6, 6.07) is 0.237. The van der Waals surface area contributed by atoms with Gasteiger partial charge in [0.2, 0.25) is 5.91 Å². The van der Waals surface area contributed by atoms with Crippen LogP contribution in [0, 0.1) is 19.8 Å². The van der Waals surface area contributed by atoms with E-state index < -0.39 is 0 Å². The lowest BCUT2D eigenvalue weighted by atomic mass is 9.92. The first-order chi connectivity index (χ1) is 10.6. The molecule has 2 aliphatic rings. The number of aromatic nitrogens is 1. The molecule has 1 aromatic heterocycles. The second-order valence-electron chi connectivity index (χ2n) is 6.68. The first-order valence-electron chi connectivity index (χ1n) is 8.44. The quantitative estimate of drug-likeness (QED) is 0.908. The third-order valence-corrected chi connectivity index (χ3v) is 4.97. The topological polar surface area (TPSA) is 64.4 Å². The molecule has 3 atom stereocenters. The molecule has 5 nitrogen and oxygen atoms in total. The maximum atomic E-state index is 12.7. The van der Waals surface area contributed by atoms with Gasteiger partial charge in [0.1, 0.15) is 5.76 Å². The van der Waals surface area contributed by atoms with Gasteiger partial charge in [-0.2, -0.15) is 0 Å². The summed E-state index contributed by atoms with van der Waals surface area (Å²) in [5, 5.41) is 7.22. The molecule has 1 saturated carbocycles. The highest BCUT2D eigenvalue weighted by atomic mass is 16.5. The van der Waals surface area contributed by atoms with Crippen molar-refractivity contribution in [3.8, 4) is 0 Å². The van der Waals surface area contributed by atoms with Gasteiger partial charge in [0.15, 0.2) is 0 Å². The minimum atomic E-state index is -0.173. The first kappa shape index (κ1) is 15.5. The fourth-order valence-electron chi connectivity index (χ4n) is 3.57. The van der Waals surface area contributed by atoms with Gasteiger partial charge in [0.05, 0.1) is 17.7 Å². The molecule has 0 unspecified atom stereocenters. The van der Waals surface area contributed by atoms with E-state index in [2.05, 4.69) is 10.5 Å². The van der Waals surface area contributed by atoms with E-state index in [1.807, 2.05) is 20.8 Å². The summed E-state index contributed by atoms with van der Waals surface area (Å²) >= 11 is 0. The number of ether oxygens (including phenoxy) is 1. The number of carbonyl (C=O) groups is 1. The predicted molar refractivity (Wildman–Crippen MR) is 82.6 cm³/mol. The summed E-state index contributed by atoms with van der Waals surface area (Å²) in [6.07, 6.45) is 5.52. The van der Waals surface area contributed by atoms with Crippen molar-refractivity contribution in [3.05, 3.63) is 17.0 Å². The molecule has 1 N–H and O–H groups in total. The zero-order valence-electron chi connectivity index (χ0n) is 13.7. The van der Waals surface area contributed by atoms with E-state index in [-0.39, 0.29) is 17.9 Å². The van der Waals surface area contributed by atoms with Gasteiger partial charge in [-0.05, 0) is 51.9 Å². The van der Waals surface area contributed by atoms with Gasteiger partial charge >= 0.3 is 0 Å². The van der Waals surface area contributed by atoms with E-state index in [9.17, 15) is 4.79 Å². The third kappa shape index (κ3) is 3.19. The molecule has 2 fully saturated rings. The van der Waals surface area contributed by atoms with Crippen LogP contribution in [-0.4, -0.2) is 29.8 Å². The molecule has 1 aromatic rings. The maximum Gasteiger partial charge on any atom is 0.227 e. The van der Waals surface area contributed by atoms with Crippen LogP contribution in [-0.2, 0) is 9.53 Å². The Kier molecular flexibility index (Phi) is 4.52. The molecule has 2 heterocycles. The second-order valence-corrected chi connectivity index (χ2v) is 6.68. The number of rotatable bonds is 5. The maximum absolute atomic E-state index is 12.7. The Morgan fingerprint density at radius 2 is 2.14 bits per heavy atom. The summed E-state index contributed by atoms with van der Waals surface area (Å²) < 4.78 is 11.1. The minimum absolute atomic E-state index is 0.0957. The second kappa shape index (κ2) is 6.41. The molecule has 0 bridgehead atoms. The Morgan fingerprint density at radius 3 is 2.73 bits per heavy atom. The van der Waals surface area contributed by atoms with E-state index in [4.69, 9.17) is 9.26 Å². The monoisotopic (exact) mass is 306 g/mol. The van der Waals surface area contributed by atoms with Gasteiger partial charge in [-0.25, -0.2) is 0 Å². The molecule has 0 aromatic carbocycles. The minimum Gasteiger partial charge on any atom is -0.378 e. The number of amides is 1. The summed E-state index contributed by atoms with van der Waals surface area (Å²) in [5.41, 5.74) is 1.77. The van der Waals surface area contributed by atoms with Crippen molar-refractivity contribution in [1.82, 2.24) is 10.5 Å².